The molecule has 3 aromatic carbocycles. The topological polar surface area (TPSA) is 235 Å². The quantitative estimate of drug-likeness (QED) is 0.107. The van der Waals surface area contributed by atoms with Gasteiger partial charge in [0.25, 0.3) is 5.91 Å². The van der Waals surface area contributed by atoms with Crippen molar-refractivity contribution in [1.29, 1.82) is 0 Å². The average Bonchev–Trinajstić information content (AvgIpc) is 3.60. The summed E-state index contributed by atoms with van der Waals surface area (Å²) in [5.74, 6) is -3.86. The second-order valence-corrected chi connectivity index (χ2v) is 15.2. The molecule has 0 bridgehead atoms. The number of nitrogens with zero attached hydrogens (tertiary/aromatic N) is 1. The molecule has 3 aromatic rings. The number of fused-ring (bicyclic) bond motifs is 6. The van der Waals surface area contributed by atoms with Crippen LogP contribution in [0.25, 0.3) is 0 Å². The van der Waals surface area contributed by atoms with Crippen molar-refractivity contribution in [2.75, 3.05) is 33.9 Å². The van der Waals surface area contributed by atoms with Gasteiger partial charge in [-0.2, -0.15) is 0 Å². The number of morpholine rings is 1. The molecule has 2 aliphatic carbocycles. The van der Waals surface area contributed by atoms with E-state index in [0.29, 0.717) is 18.7 Å². The van der Waals surface area contributed by atoms with E-state index in [2.05, 4.69) is 10.4 Å². The molecule has 0 aromatic heterocycles. The third-order valence-electron chi connectivity index (χ3n) is 11.7. The summed E-state index contributed by atoms with van der Waals surface area (Å²) in [5.41, 5.74) is 5.50. The van der Waals surface area contributed by atoms with Gasteiger partial charge in [0.1, 0.15) is 23.4 Å². The zero-order chi connectivity index (χ0) is 41.0. The number of rotatable bonds is 11. The first-order valence-electron chi connectivity index (χ1n) is 19.0. The minimum absolute atomic E-state index is 0.0504. The number of carbonyl (C=O) groups is 4. The Hall–Kier alpha value is -4.82. The normalized spacial score (nSPS) is 28.8. The first-order valence-corrected chi connectivity index (χ1v) is 19.0. The molecule has 8 rings (SSSR count). The van der Waals surface area contributed by atoms with Gasteiger partial charge in [-0.1, -0.05) is 36.4 Å². The average molecular weight is 804 g/mol. The first kappa shape index (κ1) is 40.0. The van der Waals surface area contributed by atoms with Crippen molar-refractivity contribution in [3.63, 3.8) is 0 Å². The maximum Gasteiger partial charge on any atom is 0.275 e. The van der Waals surface area contributed by atoms with E-state index in [1.807, 2.05) is 6.92 Å². The largest absolute Gasteiger partial charge is 0.507 e. The monoisotopic (exact) mass is 803 g/mol. The van der Waals surface area contributed by atoms with Gasteiger partial charge in [-0.15, -0.1) is 0 Å². The molecular weight excluding hydrogens is 758 g/mol. The molecule has 17 nitrogen and oxygen atoms in total. The van der Waals surface area contributed by atoms with Crippen molar-refractivity contribution in [3.8, 4) is 17.2 Å². The molecule has 0 spiro atoms. The van der Waals surface area contributed by atoms with Crippen LogP contribution in [-0.2, 0) is 57.6 Å². The first-order chi connectivity index (χ1) is 27.9. The Labute approximate surface area is 332 Å². The molecule has 308 valence electrons. The number of phenols is 2. The Morgan fingerprint density at radius 1 is 1.00 bits per heavy atom. The predicted octanol–water partition coefficient (Wildman–Crippen LogP) is 1.47. The number of methoxy groups -OCH3 is 2. The molecule has 1 amide bonds. The van der Waals surface area contributed by atoms with Crippen LogP contribution in [0.5, 0.6) is 17.2 Å². The fraction of sp³-hybridized carbons (Fsp3) is 0.463. The molecule has 8 atom stereocenters. The fourth-order valence-corrected chi connectivity index (χ4v) is 8.84. The zero-order valence-corrected chi connectivity index (χ0v) is 32.1. The van der Waals surface area contributed by atoms with Gasteiger partial charge < -0.3 is 49.5 Å². The van der Waals surface area contributed by atoms with Gasteiger partial charge >= 0.3 is 0 Å². The Balaban J connectivity index is 1.11. The number of ketones is 3. The van der Waals surface area contributed by atoms with Gasteiger partial charge in [0.2, 0.25) is 5.78 Å². The van der Waals surface area contributed by atoms with Crippen molar-refractivity contribution in [2.24, 2.45) is 5.73 Å². The molecule has 3 aliphatic heterocycles. The number of carbonyl (C=O) groups excluding carboxylic acids is 4. The van der Waals surface area contributed by atoms with Crippen LogP contribution in [0, 0.1) is 0 Å². The summed E-state index contributed by atoms with van der Waals surface area (Å²) in [6.45, 7) is 2.61. The highest BCUT2D eigenvalue weighted by Gasteiger charge is 2.55. The third-order valence-corrected chi connectivity index (χ3v) is 11.7. The van der Waals surface area contributed by atoms with E-state index in [4.69, 9.17) is 39.0 Å². The fourth-order valence-electron chi connectivity index (χ4n) is 8.84. The Bertz CT molecular complexity index is 2140. The van der Waals surface area contributed by atoms with Crippen LogP contribution in [0.2, 0.25) is 0 Å². The van der Waals surface area contributed by atoms with Gasteiger partial charge in [-0.05, 0) is 24.1 Å². The van der Waals surface area contributed by atoms with Gasteiger partial charge in [-0.25, -0.2) is 5.48 Å². The Morgan fingerprint density at radius 2 is 1.74 bits per heavy atom. The van der Waals surface area contributed by atoms with E-state index in [1.165, 1.54) is 32.4 Å². The molecule has 17 heteroatoms. The molecule has 0 saturated carbocycles. The van der Waals surface area contributed by atoms with Crippen molar-refractivity contribution in [2.45, 2.75) is 88.0 Å². The van der Waals surface area contributed by atoms with Gasteiger partial charge in [0.05, 0.1) is 55.8 Å². The zero-order valence-electron chi connectivity index (χ0n) is 32.1. The van der Waals surface area contributed by atoms with Crippen LogP contribution < -0.4 is 16.0 Å². The lowest BCUT2D eigenvalue weighted by molar-refractivity contribution is -0.256. The number of nitrogens with two attached hydrogens (primary N) is 1. The summed E-state index contributed by atoms with van der Waals surface area (Å²) >= 11 is 0. The van der Waals surface area contributed by atoms with Crippen molar-refractivity contribution < 1.29 is 67.8 Å². The maximum absolute atomic E-state index is 14.1. The van der Waals surface area contributed by atoms with E-state index in [0.717, 1.165) is 5.56 Å². The number of hydrogen-bond acceptors (Lipinski definition) is 16. The smallest absolute Gasteiger partial charge is 0.275 e. The van der Waals surface area contributed by atoms with Crippen LogP contribution in [0.1, 0.15) is 80.0 Å². The van der Waals surface area contributed by atoms with Gasteiger partial charge in [-0.3, -0.25) is 28.9 Å². The number of aromatic hydroxyl groups is 2. The lowest BCUT2D eigenvalue weighted by Gasteiger charge is -2.43. The summed E-state index contributed by atoms with van der Waals surface area (Å²) in [6, 6.07) is 11.1. The SMILES string of the molecule is COc1cccc2c1C(=O)c1c(O)c3c(c(O)c1C2=O)C[C@@](O)(C(=O)NOCc1ccc(CC(=O)CN)cc1)C[C@@H]3O[C@H]1C[C@H]2[C@H](O[C@@H]3[C@@H](OC)OCCN32)[C@H](C)O1. The standard InChI is InChI=1S/C41H45N3O14/c1-19-37-25(44-11-12-54-39(53-3)38(44)58-37)14-28(56-19)57-27-16-41(51,40(50)43-55-18-21-9-7-20(8-10-21)13-22(45)17-42)15-24-30(27)36(49)32-31(34(24)47)33(46)23-5-4-6-26(52-2)29(23)35(32)48/h4-10,19,25,27-28,37-39,47,49,51H,11-18,42H2,1-3H3,(H,43,50)/t19-,25-,27-,28-,37+,38+,39-,41-/m0/s1. The highest BCUT2D eigenvalue weighted by atomic mass is 16.7. The summed E-state index contributed by atoms with van der Waals surface area (Å²) in [6.07, 6.45) is -4.94. The summed E-state index contributed by atoms with van der Waals surface area (Å²) in [5, 5.41) is 36.0. The molecule has 3 saturated heterocycles. The molecule has 3 heterocycles. The van der Waals surface area contributed by atoms with Crippen molar-refractivity contribution in [1.82, 2.24) is 10.4 Å². The molecule has 6 N–H and O–H groups in total. The van der Waals surface area contributed by atoms with E-state index in [-0.39, 0.29) is 71.9 Å². The second-order valence-electron chi connectivity index (χ2n) is 15.2. The molecule has 0 radical (unpaired) electrons. The van der Waals surface area contributed by atoms with Crippen molar-refractivity contribution in [3.05, 3.63) is 87.0 Å². The highest BCUT2D eigenvalue weighted by Crippen LogP contribution is 2.53. The van der Waals surface area contributed by atoms with Gasteiger partial charge in [0, 0.05) is 62.1 Å². The van der Waals surface area contributed by atoms with Crippen LogP contribution in [0.15, 0.2) is 42.5 Å². The minimum atomic E-state index is -2.33. The number of phenolic OH excluding ortho intramolecular Hbond substituents is 2. The van der Waals surface area contributed by atoms with Crippen molar-refractivity contribution >= 4 is 23.3 Å². The number of nitrogens with one attached hydrogen (secondary N) is 1. The minimum Gasteiger partial charge on any atom is -0.507 e. The second kappa shape index (κ2) is 15.7. The van der Waals surface area contributed by atoms with Gasteiger partial charge in [0.15, 0.2) is 36.0 Å². The van der Waals surface area contributed by atoms with E-state index in [1.54, 1.807) is 24.3 Å². The lowest BCUT2D eigenvalue weighted by Crippen LogP contribution is -2.55. The summed E-state index contributed by atoms with van der Waals surface area (Å²) in [7, 11) is 2.88. The lowest BCUT2D eigenvalue weighted by atomic mass is 9.72. The third kappa shape index (κ3) is 6.85. The maximum atomic E-state index is 14.1. The van der Waals surface area contributed by atoms with Crippen LogP contribution >= 0.6 is 0 Å². The molecule has 58 heavy (non-hydrogen) atoms. The molecule has 5 aliphatic rings. The number of ether oxygens (including phenoxy) is 6. The number of Topliss-reactive ketones (excluding diaryl/α,β-unsaturated/α-hetero) is 1. The number of benzene rings is 3. The number of hydroxylamine groups is 1. The van der Waals surface area contributed by atoms with E-state index >= 15 is 0 Å². The predicted molar refractivity (Wildman–Crippen MR) is 199 cm³/mol. The number of aliphatic hydroxyl groups is 1. The van der Waals surface area contributed by atoms with Crippen LogP contribution in [0.3, 0.4) is 0 Å². The number of amides is 1. The van der Waals surface area contributed by atoms with Crippen LogP contribution in [0.4, 0.5) is 0 Å². The summed E-state index contributed by atoms with van der Waals surface area (Å²) < 4.78 is 35.8. The van der Waals surface area contributed by atoms with E-state index in [9.17, 15) is 34.5 Å². The van der Waals surface area contributed by atoms with Crippen LogP contribution in [-0.4, -0.2) is 120 Å². The molecule has 3 fully saturated rings. The Morgan fingerprint density at radius 3 is 2.47 bits per heavy atom. The number of hydrogen-bond donors (Lipinski definition) is 5. The Kier molecular flexibility index (Phi) is 10.9. The highest BCUT2D eigenvalue weighted by molar-refractivity contribution is 6.31. The van der Waals surface area contributed by atoms with E-state index < -0.39 is 89.6 Å². The molecule has 0 unspecified atom stereocenters. The summed E-state index contributed by atoms with van der Waals surface area (Å²) in [4.78, 5) is 61.4. The molecular formula is C41H45N3O14.